The highest BCUT2D eigenvalue weighted by Gasteiger charge is 2.29. The average molecular weight is 450 g/mol. The van der Waals surface area contributed by atoms with E-state index < -0.39 is 11.6 Å². The monoisotopic (exact) mass is 449 g/mol. The minimum Gasteiger partial charge on any atom is -0.359 e. The third-order valence-corrected chi connectivity index (χ3v) is 6.64. The van der Waals surface area contributed by atoms with E-state index in [1.165, 1.54) is 17.7 Å². The minimum absolute atomic E-state index is 0. The van der Waals surface area contributed by atoms with Gasteiger partial charge in [0, 0.05) is 28.2 Å². The molecule has 3 heterocycles. The largest absolute Gasteiger partial charge is 0.359 e. The molecule has 0 spiro atoms. The molecular formula is C27H29F2N3O. The van der Waals surface area contributed by atoms with Gasteiger partial charge in [-0.3, -0.25) is 4.79 Å². The SMILES string of the molecule is C.Cc1[nH]c(/C=C2\C(=O)Nc3cccc(-c4cccc(F)c4F)c32)c(C)c1C1CCNCC1. The Hall–Kier alpha value is -3.25. The maximum atomic E-state index is 14.6. The number of rotatable bonds is 3. The molecule has 0 bridgehead atoms. The second kappa shape index (κ2) is 8.94. The number of hydrogen-bond acceptors (Lipinski definition) is 2. The number of aromatic amines is 1. The molecule has 2 aromatic carbocycles. The highest BCUT2D eigenvalue weighted by Crippen LogP contribution is 2.42. The van der Waals surface area contributed by atoms with Gasteiger partial charge in [-0.05, 0) is 80.6 Å². The fraction of sp³-hybridized carbons (Fsp3) is 0.296. The third-order valence-electron chi connectivity index (χ3n) is 6.64. The van der Waals surface area contributed by atoms with Crippen molar-refractivity contribution >= 4 is 23.2 Å². The van der Waals surface area contributed by atoms with Gasteiger partial charge in [0.2, 0.25) is 0 Å². The summed E-state index contributed by atoms with van der Waals surface area (Å²) in [5.74, 6) is -1.59. The van der Waals surface area contributed by atoms with Crippen molar-refractivity contribution in [2.75, 3.05) is 18.4 Å². The van der Waals surface area contributed by atoms with E-state index in [-0.39, 0.29) is 18.9 Å². The molecule has 1 amide bonds. The number of hydrogen-bond donors (Lipinski definition) is 3. The van der Waals surface area contributed by atoms with E-state index in [0.29, 0.717) is 28.3 Å². The lowest BCUT2D eigenvalue weighted by atomic mass is 9.87. The number of carbonyl (C=O) groups excluding carboxylic acids is 1. The van der Waals surface area contributed by atoms with Gasteiger partial charge in [0.25, 0.3) is 5.91 Å². The summed E-state index contributed by atoms with van der Waals surface area (Å²) in [7, 11) is 0. The van der Waals surface area contributed by atoms with E-state index in [9.17, 15) is 13.6 Å². The van der Waals surface area contributed by atoms with Gasteiger partial charge < -0.3 is 15.6 Å². The average Bonchev–Trinajstić information content (AvgIpc) is 3.26. The van der Waals surface area contributed by atoms with E-state index in [0.717, 1.165) is 48.9 Å². The van der Waals surface area contributed by atoms with E-state index in [4.69, 9.17) is 0 Å². The van der Waals surface area contributed by atoms with Crippen LogP contribution < -0.4 is 10.6 Å². The van der Waals surface area contributed by atoms with E-state index in [1.54, 1.807) is 18.2 Å². The molecule has 0 saturated carbocycles. The van der Waals surface area contributed by atoms with Crippen LogP contribution in [0.3, 0.4) is 0 Å². The van der Waals surface area contributed by atoms with Crippen molar-refractivity contribution in [2.24, 2.45) is 0 Å². The molecule has 0 aliphatic carbocycles. The fourth-order valence-corrected chi connectivity index (χ4v) is 5.12. The molecule has 172 valence electrons. The molecule has 0 radical (unpaired) electrons. The number of benzene rings is 2. The standard InChI is InChI=1S/C26H25F2N3O.CH4/c1-14-22(30-15(2)23(14)16-9-11-29-12-10-16)13-19-24-17(5-4-8-21(24)31-26(19)32)18-6-3-7-20(27)25(18)28;/h3-8,13,16,29-30H,9-12H2,1-2H3,(H,31,32);1H4/b19-13-;. The van der Waals surface area contributed by atoms with Crippen LogP contribution >= 0.6 is 0 Å². The number of halogens is 2. The molecule has 2 aliphatic heterocycles. The third kappa shape index (κ3) is 3.89. The highest BCUT2D eigenvalue weighted by atomic mass is 19.2. The zero-order valence-corrected chi connectivity index (χ0v) is 18.1. The normalized spacial score (nSPS) is 17.1. The molecule has 2 aliphatic rings. The summed E-state index contributed by atoms with van der Waals surface area (Å²) < 4.78 is 28.6. The Morgan fingerprint density at radius 3 is 2.45 bits per heavy atom. The van der Waals surface area contributed by atoms with Gasteiger partial charge in [0.1, 0.15) is 0 Å². The summed E-state index contributed by atoms with van der Waals surface area (Å²) in [6.07, 6.45) is 4.01. The first-order valence-electron chi connectivity index (χ1n) is 11.0. The quantitative estimate of drug-likeness (QED) is 0.419. The molecule has 1 saturated heterocycles. The minimum atomic E-state index is -0.917. The molecule has 3 aromatic rings. The second-order valence-electron chi connectivity index (χ2n) is 8.57. The number of carbonyl (C=O) groups is 1. The molecule has 3 N–H and O–H groups in total. The van der Waals surface area contributed by atoms with Gasteiger partial charge in [-0.15, -0.1) is 0 Å². The van der Waals surface area contributed by atoms with Gasteiger partial charge >= 0.3 is 0 Å². The van der Waals surface area contributed by atoms with Crippen LogP contribution in [0.2, 0.25) is 0 Å². The Morgan fingerprint density at radius 2 is 1.70 bits per heavy atom. The molecule has 0 unspecified atom stereocenters. The van der Waals surface area contributed by atoms with Crippen molar-refractivity contribution in [1.82, 2.24) is 10.3 Å². The van der Waals surface area contributed by atoms with Gasteiger partial charge in [0.05, 0.1) is 5.57 Å². The number of piperidine rings is 1. The number of aromatic nitrogens is 1. The molecule has 1 aromatic heterocycles. The topological polar surface area (TPSA) is 56.9 Å². The number of H-pyrrole nitrogens is 1. The Balaban J connectivity index is 0.00000259. The highest BCUT2D eigenvalue weighted by molar-refractivity contribution is 6.36. The van der Waals surface area contributed by atoms with Gasteiger partial charge in [-0.25, -0.2) is 8.78 Å². The van der Waals surface area contributed by atoms with Crippen molar-refractivity contribution in [3.8, 4) is 11.1 Å². The van der Waals surface area contributed by atoms with Crippen molar-refractivity contribution in [3.63, 3.8) is 0 Å². The Morgan fingerprint density at radius 1 is 1.00 bits per heavy atom. The molecule has 0 atom stereocenters. The number of nitrogens with one attached hydrogen (secondary N) is 3. The molecule has 33 heavy (non-hydrogen) atoms. The van der Waals surface area contributed by atoms with Crippen LogP contribution in [0.1, 0.15) is 54.3 Å². The Kier molecular flexibility index (Phi) is 6.21. The first-order chi connectivity index (χ1) is 15.5. The summed E-state index contributed by atoms with van der Waals surface area (Å²) >= 11 is 0. The van der Waals surface area contributed by atoms with Crippen LogP contribution in [0, 0.1) is 25.5 Å². The lowest BCUT2D eigenvalue weighted by molar-refractivity contribution is -0.110. The maximum Gasteiger partial charge on any atom is 0.256 e. The summed E-state index contributed by atoms with van der Waals surface area (Å²) in [5.41, 5.74) is 6.72. The van der Waals surface area contributed by atoms with E-state index >= 15 is 0 Å². The summed E-state index contributed by atoms with van der Waals surface area (Å²) in [5, 5.41) is 6.27. The van der Waals surface area contributed by atoms with E-state index in [1.807, 2.05) is 6.08 Å². The Labute approximate surface area is 193 Å². The first-order valence-corrected chi connectivity index (χ1v) is 11.0. The van der Waals surface area contributed by atoms with Crippen molar-refractivity contribution in [3.05, 3.63) is 76.1 Å². The van der Waals surface area contributed by atoms with Crippen LogP contribution in [-0.4, -0.2) is 24.0 Å². The predicted octanol–water partition coefficient (Wildman–Crippen LogP) is 6.17. The van der Waals surface area contributed by atoms with Crippen molar-refractivity contribution in [2.45, 2.75) is 40.0 Å². The molecule has 4 nitrogen and oxygen atoms in total. The molecule has 1 fully saturated rings. The van der Waals surface area contributed by atoms with Crippen LogP contribution in [0.5, 0.6) is 0 Å². The molecular weight excluding hydrogens is 420 g/mol. The first kappa shape index (κ1) is 22.9. The van der Waals surface area contributed by atoms with Crippen LogP contribution in [0.15, 0.2) is 36.4 Å². The molecule has 6 heteroatoms. The second-order valence-corrected chi connectivity index (χ2v) is 8.57. The van der Waals surface area contributed by atoms with Crippen molar-refractivity contribution < 1.29 is 13.6 Å². The van der Waals surface area contributed by atoms with Crippen LogP contribution in [-0.2, 0) is 4.79 Å². The number of amides is 1. The summed E-state index contributed by atoms with van der Waals surface area (Å²) in [6, 6.07) is 9.34. The maximum absolute atomic E-state index is 14.6. The predicted molar refractivity (Wildman–Crippen MR) is 130 cm³/mol. The van der Waals surface area contributed by atoms with E-state index in [2.05, 4.69) is 29.5 Å². The summed E-state index contributed by atoms with van der Waals surface area (Å²) in [6.45, 7) is 6.16. The zero-order valence-electron chi connectivity index (χ0n) is 18.1. The lowest BCUT2D eigenvalue weighted by Crippen LogP contribution is -2.27. The van der Waals surface area contributed by atoms with Gasteiger partial charge in [0.15, 0.2) is 11.6 Å². The number of anilines is 1. The van der Waals surface area contributed by atoms with Gasteiger partial charge in [-0.2, -0.15) is 0 Å². The van der Waals surface area contributed by atoms with Crippen LogP contribution in [0.25, 0.3) is 22.8 Å². The number of aryl methyl sites for hydroxylation is 1. The number of fused-ring (bicyclic) bond motifs is 1. The molecule has 5 rings (SSSR count). The van der Waals surface area contributed by atoms with Crippen molar-refractivity contribution in [1.29, 1.82) is 0 Å². The Bertz CT molecular complexity index is 1250. The van der Waals surface area contributed by atoms with Gasteiger partial charge in [-0.1, -0.05) is 31.7 Å². The summed E-state index contributed by atoms with van der Waals surface area (Å²) in [4.78, 5) is 16.4. The lowest BCUT2D eigenvalue weighted by Gasteiger charge is -2.23. The van der Waals surface area contributed by atoms with Crippen LogP contribution in [0.4, 0.5) is 14.5 Å². The zero-order chi connectivity index (χ0) is 22.4. The smallest absolute Gasteiger partial charge is 0.256 e. The fourth-order valence-electron chi connectivity index (χ4n) is 5.12.